The lowest BCUT2D eigenvalue weighted by molar-refractivity contribution is -0.129. The largest absolute Gasteiger partial charge is 0.352 e. The Morgan fingerprint density at radius 1 is 1.09 bits per heavy atom. The topological polar surface area (TPSA) is 49.4 Å². The molecule has 0 aliphatic carbocycles. The lowest BCUT2D eigenvalue weighted by atomic mass is 10.1. The van der Waals surface area contributed by atoms with Gasteiger partial charge in [-0.15, -0.1) is 0 Å². The average Bonchev–Trinajstić information content (AvgIpc) is 2.58. The summed E-state index contributed by atoms with van der Waals surface area (Å²) in [4.78, 5) is 25.8. The van der Waals surface area contributed by atoms with Gasteiger partial charge in [-0.05, 0) is 29.3 Å². The fourth-order valence-corrected chi connectivity index (χ4v) is 2.43. The van der Waals surface area contributed by atoms with Gasteiger partial charge in [0.25, 0.3) is 5.91 Å². The first-order valence-electron chi connectivity index (χ1n) is 8.12. The van der Waals surface area contributed by atoms with Crippen molar-refractivity contribution < 1.29 is 9.59 Å². The third-order valence-electron chi connectivity index (χ3n) is 3.91. The van der Waals surface area contributed by atoms with E-state index in [-0.39, 0.29) is 11.8 Å². The third kappa shape index (κ3) is 4.81. The molecule has 2 aromatic rings. The van der Waals surface area contributed by atoms with E-state index in [0.29, 0.717) is 18.5 Å². The van der Waals surface area contributed by atoms with Crippen LogP contribution in [0.4, 0.5) is 0 Å². The van der Waals surface area contributed by atoms with Crippen LogP contribution in [0.5, 0.6) is 0 Å². The Hall–Kier alpha value is -2.36. The van der Waals surface area contributed by atoms with E-state index in [1.54, 1.807) is 4.90 Å². The van der Waals surface area contributed by atoms with Gasteiger partial charge < -0.3 is 10.2 Å². The van der Waals surface area contributed by atoms with Gasteiger partial charge in [-0.3, -0.25) is 9.59 Å². The summed E-state index contributed by atoms with van der Waals surface area (Å²) in [5.41, 5.74) is 0.621. The lowest BCUT2D eigenvalue weighted by Crippen LogP contribution is -2.32. The van der Waals surface area contributed by atoms with E-state index in [9.17, 15) is 9.59 Å². The fraction of sp³-hybridized carbons (Fsp3) is 0.368. The van der Waals surface area contributed by atoms with Gasteiger partial charge in [-0.1, -0.05) is 43.7 Å². The minimum absolute atomic E-state index is 0.0669. The van der Waals surface area contributed by atoms with Crippen molar-refractivity contribution in [2.45, 2.75) is 26.2 Å². The summed E-state index contributed by atoms with van der Waals surface area (Å²) in [7, 11) is 1.81. The van der Waals surface area contributed by atoms with Crippen LogP contribution in [0.2, 0.25) is 0 Å². The van der Waals surface area contributed by atoms with Gasteiger partial charge in [0.15, 0.2) is 0 Å². The molecule has 2 rings (SSSR count). The monoisotopic (exact) mass is 312 g/mol. The van der Waals surface area contributed by atoms with E-state index in [2.05, 4.69) is 12.2 Å². The molecule has 0 unspecified atom stereocenters. The van der Waals surface area contributed by atoms with E-state index in [1.165, 1.54) is 0 Å². The fourth-order valence-electron chi connectivity index (χ4n) is 2.43. The van der Waals surface area contributed by atoms with Crippen LogP contribution in [-0.4, -0.2) is 36.9 Å². The molecule has 23 heavy (non-hydrogen) atoms. The number of fused-ring (bicyclic) bond motifs is 1. The van der Waals surface area contributed by atoms with E-state index in [1.807, 2.05) is 49.5 Å². The summed E-state index contributed by atoms with van der Waals surface area (Å²) < 4.78 is 0. The molecule has 4 heteroatoms. The van der Waals surface area contributed by atoms with Gasteiger partial charge in [0.05, 0.1) is 0 Å². The summed E-state index contributed by atoms with van der Waals surface area (Å²) in [6.07, 6.45) is 2.40. The van der Waals surface area contributed by atoms with Gasteiger partial charge >= 0.3 is 0 Å². The smallest absolute Gasteiger partial charge is 0.251 e. The second kappa shape index (κ2) is 8.32. The van der Waals surface area contributed by atoms with Crippen LogP contribution in [0.1, 0.15) is 36.5 Å². The Balaban J connectivity index is 1.85. The minimum atomic E-state index is -0.139. The van der Waals surface area contributed by atoms with Gasteiger partial charge in [0, 0.05) is 32.1 Å². The summed E-state index contributed by atoms with van der Waals surface area (Å²) >= 11 is 0. The zero-order valence-corrected chi connectivity index (χ0v) is 13.8. The molecule has 0 aromatic heterocycles. The highest BCUT2D eigenvalue weighted by Crippen LogP contribution is 2.15. The SMILES string of the molecule is CCCCN(C)C(=O)CCNC(=O)c1ccc2ccccc2c1. The van der Waals surface area contributed by atoms with Gasteiger partial charge in [0.1, 0.15) is 0 Å². The summed E-state index contributed by atoms with van der Waals surface area (Å²) in [5.74, 6) is -0.0722. The number of carbonyl (C=O) groups excluding carboxylic acids is 2. The molecule has 2 amide bonds. The highest BCUT2D eigenvalue weighted by molar-refractivity contribution is 5.98. The standard InChI is InChI=1S/C19H24N2O2/c1-3-4-13-21(2)18(22)11-12-20-19(23)17-10-9-15-7-5-6-8-16(15)14-17/h5-10,14H,3-4,11-13H2,1-2H3,(H,20,23). The van der Waals surface area contributed by atoms with Crippen molar-refractivity contribution in [3.63, 3.8) is 0 Å². The molecule has 0 aliphatic rings. The Bertz CT molecular complexity index is 682. The third-order valence-corrected chi connectivity index (χ3v) is 3.91. The Morgan fingerprint density at radius 2 is 1.83 bits per heavy atom. The molecule has 0 saturated carbocycles. The van der Waals surface area contributed by atoms with Crippen LogP contribution in [0.3, 0.4) is 0 Å². The second-order valence-corrected chi connectivity index (χ2v) is 5.74. The van der Waals surface area contributed by atoms with E-state index < -0.39 is 0 Å². The highest BCUT2D eigenvalue weighted by Gasteiger charge is 2.10. The number of rotatable bonds is 7. The molecule has 122 valence electrons. The van der Waals surface area contributed by atoms with Crippen molar-refractivity contribution in [1.82, 2.24) is 10.2 Å². The van der Waals surface area contributed by atoms with Crippen molar-refractivity contribution in [1.29, 1.82) is 0 Å². The molecular formula is C19H24N2O2. The molecule has 0 saturated heterocycles. The number of hydrogen-bond donors (Lipinski definition) is 1. The predicted octanol–water partition coefficient (Wildman–Crippen LogP) is 3.22. The first-order valence-corrected chi connectivity index (χ1v) is 8.12. The van der Waals surface area contributed by atoms with Gasteiger partial charge in [0.2, 0.25) is 5.91 Å². The molecule has 0 radical (unpaired) electrons. The molecule has 0 fully saturated rings. The first-order chi connectivity index (χ1) is 11.1. The normalized spacial score (nSPS) is 10.5. The van der Waals surface area contributed by atoms with E-state index in [4.69, 9.17) is 0 Å². The van der Waals surface area contributed by atoms with Crippen LogP contribution < -0.4 is 5.32 Å². The van der Waals surface area contributed by atoms with Crippen molar-refractivity contribution in [2.24, 2.45) is 0 Å². The predicted molar refractivity (Wildman–Crippen MR) is 93.4 cm³/mol. The quantitative estimate of drug-likeness (QED) is 0.853. The summed E-state index contributed by atoms with van der Waals surface area (Å²) in [6.45, 7) is 3.23. The van der Waals surface area contributed by atoms with Crippen molar-refractivity contribution in [3.05, 3.63) is 48.0 Å². The molecule has 2 aromatic carbocycles. The molecular weight excluding hydrogens is 288 g/mol. The van der Waals surface area contributed by atoms with Gasteiger partial charge in [-0.25, -0.2) is 0 Å². The average molecular weight is 312 g/mol. The number of hydrogen-bond acceptors (Lipinski definition) is 2. The second-order valence-electron chi connectivity index (χ2n) is 5.74. The molecule has 0 spiro atoms. The maximum atomic E-state index is 12.2. The zero-order valence-electron chi connectivity index (χ0n) is 13.8. The maximum Gasteiger partial charge on any atom is 0.251 e. The Labute approximate surface area is 137 Å². The van der Waals surface area contributed by atoms with Crippen molar-refractivity contribution >= 4 is 22.6 Å². The van der Waals surface area contributed by atoms with Crippen LogP contribution in [-0.2, 0) is 4.79 Å². The van der Waals surface area contributed by atoms with Crippen molar-refractivity contribution in [3.8, 4) is 0 Å². The molecule has 0 bridgehead atoms. The van der Waals surface area contributed by atoms with Crippen LogP contribution in [0.25, 0.3) is 10.8 Å². The molecule has 0 heterocycles. The number of benzene rings is 2. The molecule has 4 nitrogen and oxygen atoms in total. The lowest BCUT2D eigenvalue weighted by Gasteiger charge is -2.16. The summed E-state index contributed by atoms with van der Waals surface area (Å²) in [6, 6.07) is 13.6. The first kappa shape index (κ1) is 17.0. The molecule has 1 N–H and O–H groups in total. The Kier molecular flexibility index (Phi) is 6.15. The maximum absolute atomic E-state index is 12.2. The number of carbonyl (C=O) groups is 2. The highest BCUT2D eigenvalue weighted by atomic mass is 16.2. The number of amides is 2. The zero-order chi connectivity index (χ0) is 16.7. The van der Waals surface area contributed by atoms with E-state index >= 15 is 0 Å². The van der Waals surface area contributed by atoms with Crippen LogP contribution >= 0.6 is 0 Å². The number of unbranched alkanes of at least 4 members (excludes halogenated alkanes) is 1. The number of nitrogens with zero attached hydrogens (tertiary/aromatic N) is 1. The van der Waals surface area contributed by atoms with Gasteiger partial charge in [-0.2, -0.15) is 0 Å². The Morgan fingerprint density at radius 3 is 2.57 bits per heavy atom. The molecule has 0 aliphatic heterocycles. The van der Waals surface area contributed by atoms with Crippen molar-refractivity contribution in [2.75, 3.05) is 20.1 Å². The van der Waals surface area contributed by atoms with E-state index in [0.717, 1.165) is 30.2 Å². The molecule has 0 atom stereocenters. The summed E-state index contributed by atoms with van der Waals surface area (Å²) in [5, 5.41) is 4.96. The minimum Gasteiger partial charge on any atom is -0.352 e. The van der Waals surface area contributed by atoms with Crippen LogP contribution in [0.15, 0.2) is 42.5 Å². The number of nitrogens with one attached hydrogen (secondary N) is 1. The van der Waals surface area contributed by atoms with Crippen LogP contribution in [0, 0.1) is 0 Å².